The molecular formula is C21H26N6O3. The van der Waals surface area contributed by atoms with Gasteiger partial charge in [-0.2, -0.15) is 0 Å². The summed E-state index contributed by atoms with van der Waals surface area (Å²) >= 11 is 0. The third-order valence-corrected chi connectivity index (χ3v) is 5.82. The van der Waals surface area contributed by atoms with Crippen molar-refractivity contribution in [1.82, 2.24) is 24.8 Å². The summed E-state index contributed by atoms with van der Waals surface area (Å²) < 4.78 is 13.4. The number of anilines is 1. The molecular weight excluding hydrogens is 384 g/mol. The van der Waals surface area contributed by atoms with E-state index in [1.165, 1.54) is 0 Å². The van der Waals surface area contributed by atoms with Crippen molar-refractivity contribution in [3.63, 3.8) is 0 Å². The van der Waals surface area contributed by atoms with Crippen LogP contribution >= 0.6 is 0 Å². The molecule has 2 amide bonds. The minimum absolute atomic E-state index is 0.0168. The number of urea groups is 1. The molecule has 0 spiro atoms. The van der Waals surface area contributed by atoms with E-state index in [-0.39, 0.29) is 12.1 Å². The van der Waals surface area contributed by atoms with Crippen LogP contribution in [0.4, 0.5) is 10.6 Å². The van der Waals surface area contributed by atoms with Gasteiger partial charge in [-0.25, -0.2) is 14.8 Å². The summed E-state index contributed by atoms with van der Waals surface area (Å²) in [5.74, 6) is 1.32. The van der Waals surface area contributed by atoms with E-state index in [0.29, 0.717) is 51.9 Å². The lowest BCUT2D eigenvalue weighted by Crippen LogP contribution is -2.46. The van der Waals surface area contributed by atoms with Crippen LogP contribution in [-0.2, 0) is 16.1 Å². The number of benzene rings is 1. The highest BCUT2D eigenvalue weighted by atomic mass is 16.5. The molecule has 1 saturated heterocycles. The number of hydrogen-bond donors (Lipinski definition) is 2. The molecule has 1 aromatic carbocycles. The second-order valence-electron chi connectivity index (χ2n) is 7.75. The zero-order valence-electron chi connectivity index (χ0n) is 16.8. The molecule has 1 fully saturated rings. The Kier molecular flexibility index (Phi) is 5.14. The van der Waals surface area contributed by atoms with Gasteiger partial charge in [0.1, 0.15) is 17.9 Å². The first kappa shape index (κ1) is 19.1. The maximum absolute atomic E-state index is 12.3. The number of hydrogen-bond acceptors (Lipinski definition) is 6. The van der Waals surface area contributed by atoms with Crippen LogP contribution in [0.1, 0.15) is 24.7 Å². The number of rotatable bonds is 4. The SMILES string of the molecule is Nc1nc2ccccc2c2c1nc1n2C(CCCNC(=O)N2CCOCC2)COC1. The molecule has 2 aliphatic heterocycles. The Morgan fingerprint density at radius 2 is 2.03 bits per heavy atom. The lowest BCUT2D eigenvalue weighted by atomic mass is 10.1. The zero-order valence-corrected chi connectivity index (χ0v) is 16.8. The van der Waals surface area contributed by atoms with E-state index in [9.17, 15) is 4.79 Å². The van der Waals surface area contributed by atoms with Gasteiger partial charge in [0.05, 0.1) is 36.9 Å². The standard InChI is InChI=1S/C21H26N6O3/c22-20-18-19(15-5-1-2-6-16(15)24-20)27-14(12-30-13-17(27)25-18)4-3-7-23-21(28)26-8-10-29-11-9-26/h1-2,5-6,14H,3-4,7-13H2,(H2,22,24)(H,23,28). The largest absolute Gasteiger partial charge is 0.382 e. The molecule has 0 aliphatic carbocycles. The monoisotopic (exact) mass is 410 g/mol. The van der Waals surface area contributed by atoms with Gasteiger partial charge in [-0.05, 0) is 18.9 Å². The number of imidazole rings is 1. The third-order valence-electron chi connectivity index (χ3n) is 5.82. The molecule has 5 rings (SSSR count). The van der Waals surface area contributed by atoms with Crippen LogP contribution in [-0.4, -0.2) is 64.9 Å². The van der Waals surface area contributed by atoms with Crippen molar-refractivity contribution in [3.05, 3.63) is 30.1 Å². The number of carbonyl (C=O) groups is 1. The van der Waals surface area contributed by atoms with Crippen molar-refractivity contribution >= 4 is 33.8 Å². The Morgan fingerprint density at radius 1 is 1.20 bits per heavy atom. The number of nitrogens with zero attached hydrogens (tertiary/aromatic N) is 4. The van der Waals surface area contributed by atoms with Crippen molar-refractivity contribution < 1.29 is 14.3 Å². The minimum atomic E-state index is -0.0168. The van der Waals surface area contributed by atoms with Crippen molar-refractivity contribution in [1.29, 1.82) is 0 Å². The highest BCUT2D eigenvalue weighted by Gasteiger charge is 2.26. The van der Waals surface area contributed by atoms with Crippen LogP contribution in [0.2, 0.25) is 0 Å². The van der Waals surface area contributed by atoms with E-state index < -0.39 is 0 Å². The van der Waals surface area contributed by atoms with Crippen LogP contribution in [0.15, 0.2) is 24.3 Å². The lowest BCUT2D eigenvalue weighted by Gasteiger charge is -2.28. The summed E-state index contributed by atoms with van der Waals surface area (Å²) in [4.78, 5) is 23.3. The van der Waals surface area contributed by atoms with Gasteiger partial charge in [0, 0.05) is 25.0 Å². The molecule has 9 nitrogen and oxygen atoms in total. The highest BCUT2D eigenvalue weighted by Crippen LogP contribution is 2.34. The number of aromatic nitrogens is 3. The summed E-state index contributed by atoms with van der Waals surface area (Å²) in [5.41, 5.74) is 8.85. The zero-order chi connectivity index (χ0) is 20.5. The van der Waals surface area contributed by atoms with Gasteiger partial charge < -0.3 is 30.0 Å². The van der Waals surface area contributed by atoms with Gasteiger partial charge in [-0.1, -0.05) is 18.2 Å². The fourth-order valence-electron chi connectivity index (χ4n) is 4.35. The fourth-order valence-corrected chi connectivity index (χ4v) is 4.35. The van der Waals surface area contributed by atoms with Gasteiger partial charge in [-0.15, -0.1) is 0 Å². The normalized spacial score (nSPS) is 19.2. The molecule has 1 unspecified atom stereocenters. The molecule has 0 bridgehead atoms. The van der Waals surface area contributed by atoms with E-state index >= 15 is 0 Å². The average molecular weight is 410 g/mol. The quantitative estimate of drug-likeness (QED) is 0.638. The summed E-state index contributed by atoms with van der Waals surface area (Å²) in [7, 11) is 0. The Morgan fingerprint density at radius 3 is 2.90 bits per heavy atom. The van der Waals surface area contributed by atoms with Gasteiger partial charge >= 0.3 is 6.03 Å². The Labute approximate surface area is 174 Å². The summed E-state index contributed by atoms with van der Waals surface area (Å²) in [6.45, 7) is 4.22. The summed E-state index contributed by atoms with van der Waals surface area (Å²) in [6.07, 6.45) is 1.72. The van der Waals surface area contributed by atoms with Crippen molar-refractivity contribution in [2.24, 2.45) is 0 Å². The molecule has 1 atom stereocenters. The highest BCUT2D eigenvalue weighted by molar-refractivity contribution is 6.06. The van der Waals surface area contributed by atoms with Gasteiger partial charge in [-0.3, -0.25) is 0 Å². The number of pyridine rings is 1. The third kappa shape index (κ3) is 3.44. The lowest BCUT2D eigenvalue weighted by molar-refractivity contribution is 0.0513. The molecule has 4 heterocycles. The van der Waals surface area contributed by atoms with Gasteiger partial charge in [0.15, 0.2) is 5.82 Å². The van der Waals surface area contributed by atoms with E-state index in [1.807, 2.05) is 18.2 Å². The molecule has 0 radical (unpaired) electrons. The van der Waals surface area contributed by atoms with Crippen molar-refractivity contribution in [3.8, 4) is 0 Å². The molecule has 30 heavy (non-hydrogen) atoms. The number of fused-ring (bicyclic) bond motifs is 5. The maximum atomic E-state index is 12.3. The van der Waals surface area contributed by atoms with E-state index in [2.05, 4.69) is 20.9 Å². The van der Waals surface area contributed by atoms with Crippen LogP contribution in [0.5, 0.6) is 0 Å². The van der Waals surface area contributed by atoms with Crippen LogP contribution < -0.4 is 11.1 Å². The molecule has 0 saturated carbocycles. The number of nitrogens with two attached hydrogens (primary N) is 1. The van der Waals surface area contributed by atoms with E-state index in [1.54, 1.807) is 4.90 Å². The molecule has 3 N–H and O–H groups in total. The summed E-state index contributed by atoms with van der Waals surface area (Å²) in [6, 6.07) is 8.14. The first-order valence-electron chi connectivity index (χ1n) is 10.5. The van der Waals surface area contributed by atoms with Crippen LogP contribution in [0, 0.1) is 0 Å². The minimum Gasteiger partial charge on any atom is -0.382 e. The van der Waals surface area contributed by atoms with Crippen molar-refractivity contribution in [2.45, 2.75) is 25.5 Å². The second kappa shape index (κ2) is 8.08. The van der Waals surface area contributed by atoms with Gasteiger partial charge in [0.25, 0.3) is 0 Å². The average Bonchev–Trinajstić information content (AvgIpc) is 3.19. The number of morpholine rings is 1. The first-order valence-corrected chi connectivity index (χ1v) is 10.5. The molecule has 2 aliphatic rings. The smallest absolute Gasteiger partial charge is 0.317 e. The second-order valence-corrected chi connectivity index (χ2v) is 7.75. The number of nitrogen functional groups attached to an aromatic ring is 1. The Balaban J connectivity index is 1.33. The fraction of sp³-hybridized carbons (Fsp3) is 0.476. The number of ether oxygens (including phenoxy) is 2. The summed E-state index contributed by atoms with van der Waals surface area (Å²) in [5, 5.41) is 4.07. The molecule has 9 heteroatoms. The van der Waals surface area contributed by atoms with Crippen molar-refractivity contribution in [2.75, 3.05) is 45.2 Å². The number of para-hydroxylation sites is 1. The number of amides is 2. The number of carbonyl (C=O) groups excluding carboxylic acids is 1. The first-order chi connectivity index (χ1) is 14.7. The van der Waals surface area contributed by atoms with Crippen LogP contribution in [0.3, 0.4) is 0 Å². The van der Waals surface area contributed by atoms with Crippen LogP contribution in [0.25, 0.3) is 21.9 Å². The predicted molar refractivity (Wildman–Crippen MR) is 113 cm³/mol. The van der Waals surface area contributed by atoms with E-state index in [0.717, 1.165) is 40.6 Å². The molecule has 3 aromatic rings. The molecule has 2 aromatic heterocycles. The van der Waals surface area contributed by atoms with E-state index in [4.69, 9.17) is 20.2 Å². The maximum Gasteiger partial charge on any atom is 0.317 e. The molecule has 158 valence electrons. The number of nitrogens with one attached hydrogen (secondary N) is 1. The Hall–Kier alpha value is -2.91. The predicted octanol–water partition coefficient (Wildman–Crippen LogP) is 2.06. The topological polar surface area (TPSA) is 108 Å². The Bertz CT molecular complexity index is 1080. The van der Waals surface area contributed by atoms with Gasteiger partial charge in [0.2, 0.25) is 0 Å².